The first-order valence-corrected chi connectivity index (χ1v) is 12.1. The lowest BCUT2D eigenvalue weighted by Gasteiger charge is -2.30. The van der Waals surface area contributed by atoms with Crippen molar-refractivity contribution in [3.8, 4) is 0 Å². The number of rotatable bonds is 6. The number of hydrogen-bond donors (Lipinski definition) is 1. The van der Waals surface area contributed by atoms with Crippen molar-refractivity contribution in [2.24, 2.45) is 5.92 Å². The number of fused-ring (bicyclic) bond motifs is 1. The molecule has 7 nitrogen and oxygen atoms in total. The van der Waals surface area contributed by atoms with Gasteiger partial charge in [0, 0.05) is 19.6 Å². The smallest absolute Gasteiger partial charge is 0.252 e. The van der Waals surface area contributed by atoms with Crippen molar-refractivity contribution in [2.75, 3.05) is 18.4 Å². The first-order valence-electron chi connectivity index (χ1n) is 9.80. The van der Waals surface area contributed by atoms with Gasteiger partial charge in [-0.1, -0.05) is 25.1 Å². The number of nitrogens with zero attached hydrogens (tertiary/aromatic N) is 3. The van der Waals surface area contributed by atoms with Gasteiger partial charge in [0.2, 0.25) is 11.9 Å². The molecule has 1 saturated heterocycles. The molecule has 0 saturated carbocycles. The number of aromatic nitrogens is 2. The predicted molar refractivity (Wildman–Crippen MR) is 114 cm³/mol. The third-order valence-electron chi connectivity index (χ3n) is 5.18. The summed E-state index contributed by atoms with van der Waals surface area (Å²) in [6.45, 7) is 3.47. The van der Waals surface area contributed by atoms with Crippen LogP contribution in [0.25, 0.3) is 11.0 Å². The van der Waals surface area contributed by atoms with E-state index in [-0.39, 0.29) is 12.5 Å². The van der Waals surface area contributed by atoms with Crippen LogP contribution in [0.4, 0.5) is 5.95 Å². The number of nitrogens with one attached hydrogen (secondary N) is 1. The average molecular weight is 433 g/mol. The molecule has 4 rings (SSSR count). The van der Waals surface area contributed by atoms with Gasteiger partial charge in [0.15, 0.2) is 0 Å². The molecular formula is C20H24N4O3S2. The summed E-state index contributed by atoms with van der Waals surface area (Å²) in [5, 5.41) is 4.70. The minimum Gasteiger partial charge on any atom is -0.310 e. The summed E-state index contributed by atoms with van der Waals surface area (Å²) in [5.74, 6) is -0.0478. The molecular weight excluding hydrogens is 408 g/mol. The van der Waals surface area contributed by atoms with Gasteiger partial charge < -0.3 is 4.57 Å². The molecule has 1 atom stereocenters. The van der Waals surface area contributed by atoms with E-state index in [0.29, 0.717) is 29.5 Å². The maximum atomic E-state index is 13.0. The molecule has 29 heavy (non-hydrogen) atoms. The molecule has 0 unspecified atom stereocenters. The highest BCUT2D eigenvalue weighted by Gasteiger charge is 2.34. The topological polar surface area (TPSA) is 84.3 Å². The summed E-state index contributed by atoms with van der Waals surface area (Å²) in [5.41, 5.74) is 1.82. The first-order chi connectivity index (χ1) is 14.0. The van der Waals surface area contributed by atoms with Crippen LogP contribution in [0.3, 0.4) is 0 Å². The second-order valence-corrected chi connectivity index (χ2v) is 10.3. The van der Waals surface area contributed by atoms with Crippen molar-refractivity contribution in [1.29, 1.82) is 0 Å². The Balaban J connectivity index is 1.53. The van der Waals surface area contributed by atoms with E-state index in [2.05, 4.69) is 17.2 Å². The number of sulfonamides is 1. The zero-order valence-electron chi connectivity index (χ0n) is 16.2. The Morgan fingerprint density at radius 2 is 2.10 bits per heavy atom. The lowest BCUT2D eigenvalue weighted by atomic mass is 9.99. The molecule has 0 bridgehead atoms. The van der Waals surface area contributed by atoms with Crippen molar-refractivity contribution in [1.82, 2.24) is 13.9 Å². The van der Waals surface area contributed by atoms with E-state index >= 15 is 0 Å². The van der Waals surface area contributed by atoms with Gasteiger partial charge in [-0.25, -0.2) is 13.4 Å². The Kier molecular flexibility index (Phi) is 5.71. The Morgan fingerprint density at radius 1 is 1.28 bits per heavy atom. The summed E-state index contributed by atoms with van der Waals surface area (Å²) in [6.07, 6.45) is 2.24. The number of para-hydroxylation sites is 2. The van der Waals surface area contributed by atoms with Crippen LogP contribution in [0.5, 0.6) is 0 Å². The third-order valence-corrected chi connectivity index (χ3v) is 8.42. The first kappa shape index (κ1) is 20.1. The fourth-order valence-corrected chi connectivity index (χ4v) is 6.41. The number of amides is 1. The lowest BCUT2D eigenvalue weighted by Crippen LogP contribution is -2.43. The highest BCUT2D eigenvalue weighted by atomic mass is 32.2. The van der Waals surface area contributed by atoms with E-state index in [1.807, 2.05) is 28.8 Å². The van der Waals surface area contributed by atoms with Crippen molar-refractivity contribution >= 4 is 44.2 Å². The summed E-state index contributed by atoms with van der Waals surface area (Å²) < 4.78 is 29.4. The molecule has 3 heterocycles. The predicted octanol–water partition coefficient (Wildman–Crippen LogP) is 3.55. The van der Waals surface area contributed by atoms with Gasteiger partial charge >= 0.3 is 0 Å². The number of hydrogen-bond acceptors (Lipinski definition) is 5. The maximum absolute atomic E-state index is 13.0. The highest BCUT2D eigenvalue weighted by molar-refractivity contribution is 7.91. The number of carbonyl (C=O) groups excluding carboxylic acids is 1. The molecule has 1 aliphatic rings. The van der Waals surface area contributed by atoms with Crippen LogP contribution >= 0.6 is 11.3 Å². The summed E-state index contributed by atoms with van der Waals surface area (Å²) in [6, 6.07) is 11.1. The number of carbonyl (C=O) groups is 1. The van der Waals surface area contributed by atoms with Crippen molar-refractivity contribution in [2.45, 2.75) is 36.9 Å². The van der Waals surface area contributed by atoms with E-state index in [4.69, 9.17) is 0 Å². The number of benzene rings is 1. The van der Waals surface area contributed by atoms with Gasteiger partial charge in [0.25, 0.3) is 10.0 Å². The Hall–Kier alpha value is -2.23. The minimum atomic E-state index is -3.54. The van der Waals surface area contributed by atoms with Gasteiger partial charge in [0.1, 0.15) is 4.21 Å². The monoisotopic (exact) mass is 432 g/mol. The SMILES string of the molecule is CCCn1c(NC(=O)[C@@H]2CCCN(S(=O)(=O)c3cccs3)C2)nc2ccccc21. The van der Waals surface area contributed by atoms with Crippen LogP contribution < -0.4 is 5.32 Å². The number of aryl methyl sites for hydroxylation is 1. The second-order valence-electron chi connectivity index (χ2n) is 7.20. The quantitative estimate of drug-likeness (QED) is 0.646. The fourth-order valence-electron chi connectivity index (χ4n) is 3.75. The molecule has 154 valence electrons. The largest absolute Gasteiger partial charge is 0.310 e. The molecule has 0 radical (unpaired) electrons. The van der Waals surface area contributed by atoms with E-state index in [0.717, 1.165) is 24.0 Å². The molecule has 1 fully saturated rings. The highest BCUT2D eigenvalue weighted by Crippen LogP contribution is 2.27. The standard InChI is InChI=1S/C20H24N4O3S2/c1-2-11-24-17-9-4-3-8-16(17)21-20(24)22-19(25)15-7-5-12-23(14-15)29(26,27)18-10-6-13-28-18/h3-4,6,8-10,13,15H,2,5,7,11-12,14H2,1H3,(H,21,22,25)/t15-/m1/s1. The van der Waals surface area contributed by atoms with E-state index in [1.54, 1.807) is 17.5 Å². The van der Waals surface area contributed by atoms with Crippen LogP contribution in [0.1, 0.15) is 26.2 Å². The number of piperidine rings is 1. The van der Waals surface area contributed by atoms with Gasteiger partial charge in [-0.3, -0.25) is 10.1 Å². The molecule has 3 aromatic rings. The number of anilines is 1. The summed E-state index contributed by atoms with van der Waals surface area (Å²) >= 11 is 1.20. The number of imidazole rings is 1. The average Bonchev–Trinajstić information content (AvgIpc) is 3.38. The Bertz CT molecular complexity index is 1110. The second kappa shape index (κ2) is 8.25. The van der Waals surface area contributed by atoms with Crippen molar-refractivity contribution in [3.63, 3.8) is 0 Å². The van der Waals surface area contributed by atoms with Crippen LogP contribution in [-0.4, -0.2) is 41.3 Å². The van der Waals surface area contributed by atoms with Gasteiger partial charge in [0.05, 0.1) is 17.0 Å². The molecule has 2 aromatic heterocycles. The van der Waals surface area contributed by atoms with E-state index in [9.17, 15) is 13.2 Å². The normalized spacial score (nSPS) is 18.2. The van der Waals surface area contributed by atoms with Gasteiger partial charge in [-0.15, -0.1) is 11.3 Å². The van der Waals surface area contributed by atoms with Crippen LogP contribution in [0.15, 0.2) is 46.0 Å². The van der Waals surface area contributed by atoms with Crippen molar-refractivity contribution < 1.29 is 13.2 Å². The minimum absolute atomic E-state index is 0.177. The van der Waals surface area contributed by atoms with Crippen LogP contribution in [-0.2, 0) is 21.4 Å². The summed E-state index contributed by atoms with van der Waals surface area (Å²) in [4.78, 5) is 17.6. The van der Waals surface area contributed by atoms with Crippen LogP contribution in [0, 0.1) is 5.92 Å². The molecule has 0 aliphatic carbocycles. The van der Waals surface area contributed by atoms with Gasteiger partial charge in [-0.05, 0) is 42.8 Å². The van der Waals surface area contributed by atoms with Crippen LogP contribution in [0.2, 0.25) is 0 Å². The molecule has 0 spiro atoms. The van der Waals surface area contributed by atoms with Crippen molar-refractivity contribution in [3.05, 3.63) is 41.8 Å². The van der Waals surface area contributed by atoms with Gasteiger partial charge in [-0.2, -0.15) is 4.31 Å². The zero-order chi connectivity index (χ0) is 20.4. The number of thiophene rings is 1. The molecule has 1 N–H and O–H groups in total. The lowest BCUT2D eigenvalue weighted by molar-refractivity contribution is -0.120. The fraction of sp³-hybridized carbons (Fsp3) is 0.400. The summed E-state index contributed by atoms with van der Waals surface area (Å²) in [7, 11) is -3.54. The van der Waals surface area contributed by atoms with E-state index < -0.39 is 15.9 Å². The Labute approximate surface area is 174 Å². The van der Waals surface area contributed by atoms with E-state index in [1.165, 1.54) is 15.6 Å². The molecule has 1 aromatic carbocycles. The molecule has 1 amide bonds. The third kappa shape index (κ3) is 3.94. The maximum Gasteiger partial charge on any atom is 0.252 e. The molecule has 9 heteroatoms. The Morgan fingerprint density at radius 3 is 2.86 bits per heavy atom. The molecule has 1 aliphatic heterocycles. The zero-order valence-corrected chi connectivity index (χ0v) is 17.9.